The van der Waals surface area contributed by atoms with Gasteiger partial charge in [-0.1, -0.05) is 23.8 Å². The maximum absolute atomic E-state index is 11.9. The van der Waals surface area contributed by atoms with Gasteiger partial charge in [0, 0.05) is 22.3 Å². The van der Waals surface area contributed by atoms with Crippen LogP contribution in [0.25, 0.3) is 0 Å². The van der Waals surface area contributed by atoms with Gasteiger partial charge in [0.15, 0.2) is 0 Å². The molecule has 0 fully saturated rings. The van der Waals surface area contributed by atoms with E-state index in [0.29, 0.717) is 16.3 Å². The fourth-order valence-electron chi connectivity index (χ4n) is 1.56. The Balaban J connectivity index is 2.89. The molecule has 1 rings (SSSR count). The van der Waals surface area contributed by atoms with Gasteiger partial charge in [-0.25, -0.2) is 0 Å². The average molecular weight is 300 g/mol. The summed E-state index contributed by atoms with van der Waals surface area (Å²) in [4.78, 5) is 12.1. The lowest BCUT2D eigenvalue weighted by Gasteiger charge is -2.19. The Morgan fingerprint density at radius 3 is 2.53 bits per heavy atom. The second-order valence-electron chi connectivity index (χ2n) is 4.58. The molecule has 1 unspecified atom stereocenters. The summed E-state index contributed by atoms with van der Waals surface area (Å²) in [6.45, 7) is 5.58. The van der Waals surface area contributed by atoms with Gasteiger partial charge in [-0.2, -0.15) is 0 Å². The maximum atomic E-state index is 11.9. The van der Waals surface area contributed by atoms with Crippen molar-refractivity contribution >= 4 is 40.4 Å². The van der Waals surface area contributed by atoms with Gasteiger partial charge in [-0.05, 0) is 39.0 Å². The van der Waals surface area contributed by atoms with Crippen LogP contribution in [0.3, 0.4) is 0 Å². The van der Waals surface area contributed by atoms with Crippen LogP contribution >= 0.6 is 23.8 Å². The van der Waals surface area contributed by atoms with Crippen molar-refractivity contribution in [2.45, 2.75) is 32.9 Å². The third kappa shape index (κ3) is 4.69. The fourth-order valence-corrected chi connectivity index (χ4v) is 1.91. The van der Waals surface area contributed by atoms with E-state index in [9.17, 15) is 4.79 Å². The molecule has 1 amide bonds. The van der Waals surface area contributed by atoms with E-state index < -0.39 is 6.04 Å². The number of halogens is 1. The molecule has 0 spiro atoms. The van der Waals surface area contributed by atoms with Crippen molar-refractivity contribution in [1.29, 1.82) is 0 Å². The normalized spacial score (nSPS) is 12.1. The smallest absolute Gasteiger partial charge is 0.242 e. The van der Waals surface area contributed by atoms with E-state index in [1.54, 1.807) is 25.1 Å². The Bertz CT molecular complexity index is 491. The molecule has 0 aliphatic heterocycles. The molecule has 1 aromatic carbocycles. The molecule has 0 radical (unpaired) electrons. The number of hydrogen-bond acceptors (Lipinski definition) is 3. The molecule has 104 valence electrons. The molecule has 4 nitrogen and oxygen atoms in total. The first-order valence-corrected chi connectivity index (χ1v) is 6.76. The van der Waals surface area contributed by atoms with Crippen LogP contribution < -0.4 is 16.4 Å². The van der Waals surface area contributed by atoms with Crippen LogP contribution in [-0.2, 0) is 4.79 Å². The van der Waals surface area contributed by atoms with Crippen molar-refractivity contribution in [2.75, 3.05) is 5.32 Å². The van der Waals surface area contributed by atoms with E-state index in [1.165, 1.54) is 0 Å². The second kappa shape index (κ2) is 6.73. The van der Waals surface area contributed by atoms with Crippen molar-refractivity contribution < 1.29 is 4.79 Å². The SMILES string of the molecule is CC(C)NC(=O)C(C)Nc1cc(Cl)ccc1C(N)=S. The maximum Gasteiger partial charge on any atom is 0.242 e. The molecule has 0 saturated heterocycles. The van der Waals surface area contributed by atoms with Crippen molar-refractivity contribution in [3.05, 3.63) is 28.8 Å². The Hall–Kier alpha value is -1.33. The molecule has 1 aromatic rings. The number of carbonyl (C=O) groups is 1. The summed E-state index contributed by atoms with van der Waals surface area (Å²) in [5.41, 5.74) is 6.97. The van der Waals surface area contributed by atoms with Crippen LogP contribution in [0.15, 0.2) is 18.2 Å². The van der Waals surface area contributed by atoms with Crippen LogP contribution in [-0.4, -0.2) is 23.0 Å². The van der Waals surface area contributed by atoms with E-state index in [-0.39, 0.29) is 16.9 Å². The number of hydrogen-bond donors (Lipinski definition) is 3. The van der Waals surface area contributed by atoms with Gasteiger partial charge in [0.05, 0.1) is 0 Å². The highest BCUT2D eigenvalue weighted by Crippen LogP contribution is 2.21. The van der Waals surface area contributed by atoms with Gasteiger partial charge in [0.1, 0.15) is 11.0 Å². The van der Waals surface area contributed by atoms with Crippen molar-refractivity contribution in [3.8, 4) is 0 Å². The summed E-state index contributed by atoms with van der Waals surface area (Å²) in [6.07, 6.45) is 0. The Labute approximate surface area is 123 Å². The molecule has 0 saturated carbocycles. The van der Waals surface area contributed by atoms with Gasteiger partial charge >= 0.3 is 0 Å². The number of anilines is 1. The first-order chi connectivity index (χ1) is 8.81. The predicted octanol–water partition coefficient (Wildman–Crippen LogP) is 2.30. The Morgan fingerprint density at radius 1 is 1.37 bits per heavy atom. The number of nitrogens with one attached hydrogen (secondary N) is 2. The fraction of sp³-hybridized carbons (Fsp3) is 0.385. The molecule has 1 atom stereocenters. The van der Waals surface area contributed by atoms with Gasteiger partial charge in [0.25, 0.3) is 0 Å². The Kier molecular flexibility index (Phi) is 5.57. The van der Waals surface area contributed by atoms with Crippen LogP contribution in [0.5, 0.6) is 0 Å². The highest BCUT2D eigenvalue weighted by molar-refractivity contribution is 7.80. The average Bonchev–Trinajstić information content (AvgIpc) is 2.27. The van der Waals surface area contributed by atoms with Gasteiger partial charge < -0.3 is 16.4 Å². The minimum Gasteiger partial charge on any atom is -0.389 e. The molecular formula is C13H18ClN3OS. The number of thiocarbonyl (C=S) groups is 1. The quantitative estimate of drug-likeness (QED) is 0.730. The molecule has 0 aromatic heterocycles. The molecule has 0 heterocycles. The van der Waals surface area contributed by atoms with Gasteiger partial charge in [-0.3, -0.25) is 4.79 Å². The zero-order valence-electron chi connectivity index (χ0n) is 11.2. The van der Waals surface area contributed by atoms with Crippen LogP contribution in [0.4, 0.5) is 5.69 Å². The molecule has 4 N–H and O–H groups in total. The van der Waals surface area contributed by atoms with Crippen molar-refractivity contribution in [1.82, 2.24) is 5.32 Å². The van der Waals surface area contributed by atoms with Gasteiger partial charge in [-0.15, -0.1) is 0 Å². The Morgan fingerprint density at radius 2 is 2.00 bits per heavy atom. The summed E-state index contributed by atoms with van der Waals surface area (Å²) in [6, 6.07) is 4.83. The summed E-state index contributed by atoms with van der Waals surface area (Å²) in [5, 5.41) is 6.46. The number of carbonyl (C=O) groups excluding carboxylic acids is 1. The highest BCUT2D eigenvalue weighted by atomic mass is 35.5. The number of benzene rings is 1. The molecule has 6 heteroatoms. The summed E-state index contributed by atoms with van der Waals surface area (Å²) in [5.74, 6) is -0.0936. The topological polar surface area (TPSA) is 67.2 Å². The van der Waals surface area contributed by atoms with E-state index in [0.717, 1.165) is 0 Å². The number of amides is 1. The van der Waals surface area contributed by atoms with Crippen LogP contribution in [0, 0.1) is 0 Å². The van der Waals surface area contributed by atoms with E-state index in [4.69, 9.17) is 29.6 Å². The van der Waals surface area contributed by atoms with Crippen molar-refractivity contribution in [3.63, 3.8) is 0 Å². The minimum atomic E-state index is -0.408. The summed E-state index contributed by atoms with van der Waals surface area (Å²) >= 11 is 10.9. The molecular weight excluding hydrogens is 282 g/mol. The van der Waals surface area contributed by atoms with Crippen LogP contribution in [0.2, 0.25) is 5.02 Å². The lowest BCUT2D eigenvalue weighted by molar-refractivity contribution is -0.122. The third-order valence-corrected chi connectivity index (χ3v) is 2.90. The first kappa shape index (κ1) is 15.7. The zero-order valence-corrected chi connectivity index (χ0v) is 12.7. The third-order valence-electron chi connectivity index (χ3n) is 2.44. The van der Waals surface area contributed by atoms with E-state index in [2.05, 4.69) is 10.6 Å². The lowest BCUT2D eigenvalue weighted by atomic mass is 10.1. The van der Waals surface area contributed by atoms with Gasteiger partial charge in [0.2, 0.25) is 5.91 Å². The van der Waals surface area contributed by atoms with Crippen molar-refractivity contribution in [2.24, 2.45) is 5.73 Å². The standard InChI is InChI=1S/C13H18ClN3OS/c1-7(2)16-13(18)8(3)17-11-6-9(14)4-5-10(11)12(15)19/h4-8,17H,1-3H3,(H2,15,19)(H,16,18). The molecule has 0 bridgehead atoms. The van der Waals surface area contributed by atoms with Crippen LogP contribution in [0.1, 0.15) is 26.3 Å². The van der Waals surface area contributed by atoms with E-state index in [1.807, 2.05) is 13.8 Å². The second-order valence-corrected chi connectivity index (χ2v) is 5.46. The zero-order chi connectivity index (χ0) is 14.6. The lowest BCUT2D eigenvalue weighted by Crippen LogP contribution is -2.41. The predicted molar refractivity (Wildman–Crippen MR) is 83.7 cm³/mol. The number of nitrogens with two attached hydrogens (primary N) is 1. The monoisotopic (exact) mass is 299 g/mol. The van der Waals surface area contributed by atoms with E-state index >= 15 is 0 Å². The largest absolute Gasteiger partial charge is 0.389 e. The molecule has 19 heavy (non-hydrogen) atoms. The summed E-state index contributed by atoms with van der Waals surface area (Å²) in [7, 11) is 0. The highest BCUT2D eigenvalue weighted by Gasteiger charge is 2.15. The molecule has 0 aliphatic carbocycles. The first-order valence-electron chi connectivity index (χ1n) is 5.97. The summed E-state index contributed by atoms with van der Waals surface area (Å²) < 4.78 is 0. The minimum absolute atomic E-state index is 0.0890. The number of rotatable bonds is 5. The molecule has 0 aliphatic rings.